The first-order valence-corrected chi connectivity index (χ1v) is 8.02. The van der Waals surface area contributed by atoms with Gasteiger partial charge >= 0.3 is 6.09 Å². The number of hydrogen-bond acceptors (Lipinski definition) is 3. The molecular formula is C18H27NO3. The van der Waals surface area contributed by atoms with Gasteiger partial charge in [-0.1, -0.05) is 43.2 Å². The van der Waals surface area contributed by atoms with Gasteiger partial charge in [0.2, 0.25) is 0 Å². The minimum Gasteiger partial charge on any atom is -0.444 e. The van der Waals surface area contributed by atoms with E-state index in [0.29, 0.717) is 0 Å². The fraction of sp³-hybridized carbons (Fsp3) is 0.611. The molecule has 0 aliphatic heterocycles. The second kappa shape index (κ2) is 6.69. The molecule has 0 radical (unpaired) electrons. The molecule has 0 bridgehead atoms. The van der Waals surface area contributed by atoms with Crippen molar-refractivity contribution in [2.75, 3.05) is 6.61 Å². The molecule has 1 atom stereocenters. The van der Waals surface area contributed by atoms with Gasteiger partial charge in [0.15, 0.2) is 0 Å². The van der Waals surface area contributed by atoms with Crippen LogP contribution in [-0.2, 0) is 4.74 Å². The maximum absolute atomic E-state index is 12.2. The number of aliphatic hydroxyl groups is 1. The molecule has 0 aromatic heterocycles. The monoisotopic (exact) mass is 305 g/mol. The molecule has 0 heterocycles. The summed E-state index contributed by atoms with van der Waals surface area (Å²) in [6.45, 7) is 5.62. The van der Waals surface area contributed by atoms with Crippen LogP contribution in [0.3, 0.4) is 0 Å². The first-order valence-electron chi connectivity index (χ1n) is 8.02. The second-order valence-electron chi connectivity index (χ2n) is 7.22. The van der Waals surface area contributed by atoms with E-state index in [9.17, 15) is 9.90 Å². The van der Waals surface area contributed by atoms with Gasteiger partial charge < -0.3 is 15.2 Å². The summed E-state index contributed by atoms with van der Waals surface area (Å²) in [6, 6.07) is 9.64. The van der Waals surface area contributed by atoms with Gasteiger partial charge in [0.05, 0.1) is 12.6 Å². The van der Waals surface area contributed by atoms with Gasteiger partial charge in [-0.25, -0.2) is 4.79 Å². The Morgan fingerprint density at radius 2 is 1.86 bits per heavy atom. The Balaban J connectivity index is 2.25. The summed E-state index contributed by atoms with van der Waals surface area (Å²) >= 11 is 0. The van der Waals surface area contributed by atoms with Crippen LogP contribution in [0, 0.1) is 5.41 Å². The van der Waals surface area contributed by atoms with Gasteiger partial charge in [-0.15, -0.1) is 0 Å². The van der Waals surface area contributed by atoms with Crippen molar-refractivity contribution in [1.29, 1.82) is 0 Å². The van der Waals surface area contributed by atoms with E-state index in [1.54, 1.807) is 0 Å². The van der Waals surface area contributed by atoms with Crippen molar-refractivity contribution in [1.82, 2.24) is 5.32 Å². The number of carbonyl (C=O) groups is 1. The Morgan fingerprint density at radius 1 is 1.27 bits per heavy atom. The van der Waals surface area contributed by atoms with Crippen molar-refractivity contribution in [2.45, 2.75) is 58.1 Å². The van der Waals surface area contributed by atoms with E-state index >= 15 is 0 Å². The lowest BCUT2D eigenvalue weighted by Crippen LogP contribution is -2.43. The Bertz CT molecular complexity index is 487. The van der Waals surface area contributed by atoms with E-state index in [1.165, 1.54) is 0 Å². The highest BCUT2D eigenvalue weighted by atomic mass is 16.6. The van der Waals surface area contributed by atoms with E-state index in [0.717, 1.165) is 31.2 Å². The Morgan fingerprint density at radius 3 is 2.36 bits per heavy atom. The largest absolute Gasteiger partial charge is 0.444 e. The van der Waals surface area contributed by atoms with Gasteiger partial charge in [-0.2, -0.15) is 0 Å². The number of nitrogens with one attached hydrogen (secondary N) is 1. The van der Waals surface area contributed by atoms with Crippen molar-refractivity contribution in [3.05, 3.63) is 35.9 Å². The zero-order valence-corrected chi connectivity index (χ0v) is 13.8. The van der Waals surface area contributed by atoms with Crippen LogP contribution in [-0.4, -0.2) is 23.4 Å². The molecule has 0 saturated heterocycles. The molecule has 1 unspecified atom stereocenters. The van der Waals surface area contributed by atoms with Crippen LogP contribution in [0.4, 0.5) is 4.79 Å². The van der Waals surface area contributed by atoms with Crippen molar-refractivity contribution >= 4 is 6.09 Å². The lowest BCUT2D eigenvalue weighted by atomic mass is 9.76. The highest BCUT2D eigenvalue weighted by Crippen LogP contribution is 2.47. The van der Waals surface area contributed by atoms with E-state index in [1.807, 2.05) is 51.1 Å². The molecule has 122 valence electrons. The number of aliphatic hydroxyl groups excluding tert-OH is 1. The average Bonchev–Trinajstić information content (AvgIpc) is 2.94. The maximum atomic E-state index is 12.2. The van der Waals surface area contributed by atoms with E-state index < -0.39 is 11.7 Å². The minimum absolute atomic E-state index is 0.0718. The van der Waals surface area contributed by atoms with Gasteiger partial charge in [-0.05, 0) is 39.2 Å². The fourth-order valence-corrected chi connectivity index (χ4v) is 3.28. The quantitative estimate of drug-likeness (QED) is 0.889. The summed E-state index contributed by atoms with van der Waals surface area (Å²) in [6.07, 6.45) is 3.57. The van der Waals surface area contributed by atoms with Crippen LogP contribution in [0.25, 0.3) is 0 Å². The third-order valence-electron chi connectivity index (χ3n) is 4.32. The summed E-state index contributed by atoms with van der Waals surface area (Å²) in [5.74, 6) is 0. The summed E-state index contributed by atoms with van der Waals surface area (Å²) in [5.41, 5.74) is 0.190. The van der Waals surface area contributed by atoms with Crippen LogP contribution < -0.4 is 5.32 Å². The van der Waals surface area contributed by atoms with Crippen LogP contribution in [0.5, 0.6) is 0 Å². The van der Waals surface area contributed by atoms with Crippen molar-refractivity contribution in [2.24, 2.45) is 5.41 Å². The normalized spacial score (nSPS) is 18.7. The number of rotatable bonds is 4. The molecule has 2 rings (SSSR count). The highest BCUT2D eigenvalue weighted by molar-refractivity contribution is 5.68. The lowest BCUT2D eigenvalue weighted by Gasteiger charge is -2.37. The van der Waals surface area contributed by atoms with Crippen LogP contribution in [0.2, 0.25) is 0 Å². The van der Waals surface area contributed by atoms with Crippen molar-refractivity contribution in [3.8, 4) is 0 Å². The number of ether oxygens (including phenoxy) is 1. The molecule has 1 aliphatic carbocycles. The van der Waals surface area contributed by atoms with Gasteiger partial charge in [-0.3, -0.25) is 0 Å². The molecule has 1 fully saturated rings. The molecular weight excluding hydrogens is 278 g/mol. The molecule has 1 aromatic carbocycles. The van der Waals surface area contributed by atoms with Crippen LogP contribution in [0.1, 0.15) is 58.1 Å². The van der Waals surface area contributed by atoms with E-state index in [-0.39, 0.29) is 18.1 Å². The van der Waals surface area contributed by atoms with Gasteiger partial charge in [0.1, 0.15) is 5.60 Å². The molecule has 1 saturated carbocycles. The van der Waals surface area contributed by atoms with Gasteiger partial charge in [0, 0.05) is 5.41 Å². The molecule has 1 amide bonds. The minimum atomic E-state index is -0.534. The highest BCUT2D eigenvalue weighted by Gasteiger charge is 2.43. The SMILES string of the molecule is CC(C)(C)OC(=O)NC(c1ccccc1)C1(CO)CCCC1. The molecule has 0 spiro atoms. The standard InChI is InChI=1S/C18H27NO3/c1-17(2,3)22-16(21)19-15(14-9-5-4-6-10-14)18(13-20)11-7-8-12-18/h4-6,9-10,15,20H,7-8,11-13H2,1-3H3,(H,19,21). The first-order chi connectivity index (χ1) is 10.4. The lowest BCUT2D eigenvalue weighted by molar-refractivity contribution is 0.0355. The Hall–Kier alpha value is -1.55. The molecule has 22 heavy (non-hydrogen) atoms. The van der Waals surface area contributed by atoms with Crippen molar-refractivity contribution in [3.63, 3.8) is 0 Å². The second-order valence-corrected chi connectivity index (χ2v) is 7.22. The zero-order valence-electron chi connectivity index (χ0n) is 13.8. The summed E-state index contributed by atoms with van der Waals surface area (Å²) < 4.78 is 5.41. The van der Waals surface area contributed by atoms with Crippen molar-refractivity contribution < 1.29 is 14.6 Å². The van der Waals surface area contributed by atoms with Crippen LogP contribution in [0.15, 0.2) is 30.3 Å². The Labute approximate surface area is 132 Å². The third kappa shape index (κ3) is 4.01. The van der Waals surface area contributed by atoms with E-state index in [4.69, 9.17) is 4.74 Å². The molecule has 1 aromatic rings. The summed E-state index contributed by atoms with van der Waals surface area (Å²) in [7, 11) is 0. The number of amides is 1. The topological polar surface area (TPSA) is 58.6 Å². The molecule has 4 heteroatoms. The summed E-state index contributed by atoms with van der Waals surface area (Å²) in [4.78, 5) is 12.2. The first kappa shape index (κ1) is 16.8. The zero-order chi connectivity index (χ0) is 16.2. The predicted molar refractivity (Wildman–Crippen MR) is 86.5 cm³/mol. The number of benzene rings is 1. The third-order valence-corrected chi connectivity index (χ3v) is 4.32. The number of hydrogen-bond donors (Lipinski definition) is 2. The fourth-order valence-electron chi connectivity index (χ4n) is 3.28. The number of alkyl carbamates (subject to hydrolysis) is 1. The molecule has 1 aliphatic rings. The molecule has 4 nitrogen and oxygen atoms in total. The average molecular weight is 305 g/mol. The smallest absolute Gasteiger partial charge is 0.408 e. The van der Waals surface area contributed by atoms with Crippen LogP contribution >= 0.6 is 0 Å². The summed E-state index contributed by atoms with van der Waals surface area (Å²) in [5, 5.41) is 13.0. The maximum Gasteiger partial charge on any atom is 0.408 e. The number of carbonyl (C=O) groups excluding carboxylic acids is 1. The Kier molecular flexibility index (Phi) is 5.12. The van der Waals surface area contributed by atoms with Gasteiger partial charge in [0.25, 0.3) is 0 Å². The molecule has 2 N–H and O–H groups in total. The predicted octanol–water partition coefficient (Wildman–Crippen LogP) is 3.81. The van der Waals surface area contributed by atoms with E-state index in [2.05, 4.69) is 5.32 Å².